The number of benzene rings is 2. The lowest BCUT2D eigenvalue weighted by Gasteiger charge is -2.18. The highest BCUT2D eigenvalue weighted by Gasteiger charge is 2.28. The van der Waals surface area contributed by atoms with Gasteiger partial charge in [0.15, 0.2) is 5.13 Å². The van der Waals surface area contributed by atoms with E-state index in [-0.39, 0.29) is 12.6 Å². The topological polar surface area (TPSA) is 97.2 Å². The molecule has 2 heterocycles. The lowest BCUT2D eigenvalue weighted by atomic mass is 9.95. The van der Waals surface area contributed by atoms with Gasteiger partial charge in [0.05, 0.1) is 11.1 Å². The van der Waals surface area contributed by atoms with Crippen LogP contribution in [0.25, 0.3) is 22.4 Å². The molecule has 0 aliphatic carbocycles. The first-order chi connectivity index (χ1) is 15.4. The van der Waals surface area contributed by atoms with E-state index in [2.05, 4.69) is 20.3 Å². The van der Waals surface area contributed by atoms with Crippen molar-refractivity contribution < 1.29 is 14.6 Å². The maximum absolute atomic E-state index is 11.2. The molecule has 2 aromatic carbocycles. The maximum Gasteiger partial charge on any atom is 0.316 e. The number of aromatic nitrogens is 3. The SMILES string of the molecule is CC(C)(COc1ncc(-c2ccc(Nc3nc(-c4ccccc4)cs3)cc2)cn1)C(=O)O. The second-order valence-electron chi connectivity index (χ2n) is 7.84. The second kappa shape index (κ2) is 9.15. The Hall–Kier alpha value is -3.78. The van der Waals surface area contributed by atoms with Gasteiger partial charge in [-0.1, -0.05) is 42.5 Å². The molecule has 0 amide bonds. The van der Waals surface area contributed by atoms with Crippen LogP contribution in [0.4, 0.5) is 10.8 Å². The predicted molar refractivity (Wildman–Crippen MR) is 125 cm³/mol. The van der Waals surface area contributed by atoms with Crippen molar-refractivity contribution in [1.29, 1.82) is 0 Å². The fourth-order valence-electron chi connectivity index (χ4n) is 2.79. The van der Waals surface area contributed by atoms with E-state index in [4.69, 9.17) is 9.84 Å². The number of ether oxygens (including phenoxy) is 1. The summed E-state index contributed by atoms with van der Waals surface area (Å²) in [6.07, 6.45) is 3.32. The van der Waals surface area contributed by atoms with Crippen LogP contribution in [0.5, 0.6) is 6.01 Å². The Morgan fingerprint density at radius 3 is 2.34 bits per heavy atom. The van der Waals surface area contributed by atoms with Crippen molar-refractivity contribution >= 4 is 28.1 Å². The molecular formula is C24H22N4O3S. The van der Waals surface area contributed by atoms with Crippen LogP contribution < -0.4 is 10.1 Å². The number of aliphatic carboxylic acids is 1. The van der Waals surface area contributed by atoms with Gasteiger partial charge in [-0.3, -0.25) is 4.79 Å². The highest BCUT2D eigenvalue weighted by atomic mass is 32.1. The summed E-state index contributed by atoms with van der Waals surface area (Å²) in [5, 5.41) is 15.3. The van der Waals surface area contributed by atoms with Gasteiger partial charge in [-0.05, 0) is 31.5 Å². The molecule has 0 atom stereocenters. The van der Waals surface area contributed by atoms with E-state index in [0.29, 0.717) is 0 Å². The summed E-state index contributed by atoms with van der Waals surface area (Å²) in [5.41, 5.74) is 3.75. The fraction of sp³-hybridized carbons (Fsp3) is 0.167. The number of hydrogen-bond acceptors (Lipinski definition) is 7. The number of hydrogen-bond donors (Lipinski definition) is 2. The average molecular weight is 447 g/mol. The number of carboxylic acid groups (broad SMARTS) is 1. The molecule has 0 spiro atoms. The summed E-state index contributed by atoms with van der Waals surface area (Å²) >= 11 is 1.56. The minimum absolute atomic E-state index is 0.00914. The molecular weight excluding hydrogens is 424 g/mol. The van der Waals surface area contributed by atoms with Crippen LogP contribution in [0, 0.1) is 5.41 Å². The number of carbonyl (C=O) groups is 1. The van der Waals surface area contributed by atoms with Gasteiger partial charge in [0.2, 0.25) is 0 Å². The van der Waals surface area contributed by atoms with Gasteiger partial charge in [-0.15, -0.1) is 11.3 Å². The van der Waals surface area contributed by atoms with E-state index in [1.54, 1.807) is 37.6 Å². The quantitative estimate of drug-likeness (QED) is 0.369. The monoisotopic (exact) mass is 446 g/mol. The predicted octanol–water partition coefficient (Wildman–Crippen LogP) is 5.50. The van der Waals surface area contributed by atoms with Crippen molar-refractivity contribution in [2.24, 2.45) is 5.41 Å². The number of carboxylic acids is 1. The van der Waals surface area contributed by atoms with Gasteiger partial charge in [0, 0.05) is 34.6 Å². The lowest BCUT2D eigenvalue weighted by Crippen LogP contribution is -2.31. The minimum atomic E-state index is -1.01. The van der Waals surface area contributed by atoms with Crippen LogP contribution in [0.2, 0.25) is 0 Å². The normalized spacial score (nSPS) is 11.2. The molecule has 0 saturated heterocycles. The number of anilines is 2. The van der Waals surface area contributed by atoms with E-state index in [1.807, 2.05) is 60.0 Å². The molecule has 2 N–H and O–H groups in total. The summed E-state index contributed by atoms with van der Waals surface area (Å²) in [4.78, 5) is 24.2. The third-order valence-corrected chi connectivity index (χ3v) is 5.57. The highest BCUT2D eigenvalue weighted by molar-refractivity contribution is 7.14. The van der Waals surface area contributed by atoms with Crippen molar-refractivity contribution in [3.63, 3.8) is 0 Å². The number of thiazole rings is 1. The van der Waals surface area contributed by atoms with Crippen LogP contribution in [0.3, 0.4) is 0 Å². The smallest absolute Gasteiger partial charge is 0.316 e. The Morgan fingerprint density at radius 2 is 1.69 bits per heavy atom. The zero-order valence-electron chi connectivity index (χ0n) is 17.6. The largest absolute Gasteiger partial charge is 0.481 e. The summed E-state index contributed by atoms with van der Waals surface area (Å²) < 4.78 is 5.42. The average Bonchev–Trinajstić information content (AvgIpc) is 3.28. The Labute approximate surface area is 189 Å². The Kier molecular flexibility index (Phi) is 6.13. The Morgan fingerprint density at radius 1 is 1.00 bits per heavy atom. The number of nitrogens with one attached hydrogen (secondary N) is 1. The van der Waals surface area contributed by atoms with Crippen molar-refractivity contribution in [2.75, 3.05) is 11.9 Å². The Bertz CT molecular complexity index is 1190. The molecule has 0 bridgehead atoms. The van der Waals surface area contributed by atoms with Crippen molar-refractivity contribution in [1.82, 2.24) is 15.0 Å². The van der Waals surface area contributed by atoms with Crippen LogP contribution in [0.15, 0.2) is 72.4 Å². The molecule has 162 valence electrons. The van der Waals surface area contributed by atoms with Gasteiger partial charge in [0.25, 0.3) is 0 Å². The van der Waals surface area contributed by atoms with E-state index in [1.165, 1.54) is 0 Å². The molecule has 8 heteroatoms. The minimum Gasteiger partial charge on any atom is -0.481 e. The molecule has 0 aliphatic heterocycles. The molecule has 2 aromatic heterocycles. The molecule has 0 unspecified atom stereocenters. The van der Waals surface area contributed by atoms with Crippen LogP contribution in [0.1, 0.15) is 13.8 Å². The van der Waals surface area contributed by atoms with E-state index in [9.17, 15) is 4.79 Å². The summed E-state index contributed by atoms with van der Waals surface area (Å²) in [5.74, 6) is -0.933. The van der Waals surface area contributed by atoms with Gasteiger partial charge in [-0.25, -0.2) is 15.0 Å². The standard InChI is InChI=1S/C24H22N4O3S/c1-24(2,21(29)30)15-31-22-25-12-18(13-26-22)16-8-10-19(11-9-16)27-23-28-20(14-32-23)17-6-4-3-5-7-17/h3-14H,15H2,1-2H3,(H,27,28)(H,29,30). The van der Waals surface area contributed by atoms with Crippen LogP contribution >= 0.6 is 11.3 Å². The second-order valence-corrected chi connectivity index (χ2v) is 8.70. The van der Waals surface area contributed by atoms with Gasteiger partial charge < -0.3 is 15.2 Å². The number of rotatable bonds is 8. The van der Waals surface area contributed by atoms with Crippen molar-refractivity contribution in [3.8, 4) is 28.4 Å². The molecule has 4 rings (SSSR count). The zero-order chi connectivity index (χ0) is 22.6. The summed E-state index contributed by atoms with van der Waals surface area (Å²) in [7, 11) is 0. The first kappa shape index (κ1) is 21.5. The zero-order valence-corrected chi connectivity index (χ0v) is 18.5. The molecule has 7 nitrogen and oxygen atoms in total. The summed E-state index contributed by atoms with van der Waals surface area (Å²) in [6, 6.07) is 18.1. The fourth-order valence-corrected chi connectivity index (χ4v) is 3.53. The van der Waals surface area contributed by atoms with Crippen LogP contribution in [-0.2, 0) is 4.79 Å². The van der Waals surface area contributed by atoms with Crippen molar-refractivity contribution in [2.45, 2.75) is 13.8 Å². The highest BCUT2D eigenvalue weighted by Crippen LogP contribution is 2.28. The molecule has 4 aromatic rings. The van der Waals surface area contributed by atoms with Gasteiger partial charge in [0.1, 0.15) is 6.61 Å². The van der Waals surface area contributed by atoms with Crippen molar-refractivity contribution in [3.05, 3.63) is 72.4 Å². The third-order valence-electron chi connectivity index (χ3n) is 4.81. The van der Waals surface area contributed by atoms with E-state index >= 15 is 0 Å². The van der Waals surface area contributed by atoms with Crippen LogP contribution in [-0.4, -0.2) is 32.6 Å². The summed E-state index contributed by atoms with van der Waals surface area (Å²) in [6.45, 7) is 3.17. The maximum atomic E-state index is 11.2. The molecule has 32 heavy (non-hydrogen) atoms. The molecule has 0 radical (unpaired) electrons. The van der Waals surface area contributed by atoms with Gasteiger partial charge in [-0.2, -0.15) is 0 Å². The first-order valence-corrected chi connectivity index (χ1v) is 10.9. The number of nitrogens with zero attached hydrogens (tertiary/aromatic N) is 3. The lowest BCUT2D eigenvalue weighted by molar-refractivity contribution is -0.148. The first-order valence-electron chi connectivity index (χ1n) is 9.97. The Balaban J connectivity index is 1.38. The third kappa shape index (κ3) is 5.09. The molecule has 0 aliphatic rings. The van der Waals surface area contributed by atoms with Gasteiger partial charge >= 0.3 is 12.0 Å². The molecule has 0 saturated carbocycles. The van der Waals surface area contributed by atoms with E-state index < -0.39 is 11.4 Å². The van der Waals surface area contributed by atoms with E-state index in [0.717, 1.165) is 33.2 Å². The molecule has 0 fully saturated rings.